The first-order valence-electron chi connectivity index (χ1n) is 3.24. The lowest BCUT2D eigenvalue weighted by Crippen LogP contribution is -1.91. The molecule has 5 nitrogen and oxygen atoms in total. The summed E-state index contributed by atoms with van der Waals surface area (Å²) in [5.41, 5.74) is 0. The van der Waals surface area contributed by atoms with Crippen LogP contribution in [0.3, 0.4) is 0 Å². The zero-order valence-corrected chi connectivity index (χ0v) is 6.58. The largest absolute Gasteiger partial charge is 0.478 e. The van der Waals surface area contributed by atoms with E-state index in [1.54, 1.807) is 12.5 Å². The van der Waals surface area contributed by atoms with Gasteiger partial charge in [-0.1, -0.05) is 0 Å². The summed E-state index contributed by atoms with van der Waals surface area (Å²) in [6, 6.07) is 3.67. The molecule has 13 heavy (non-hydrogen) atoms. The summed E-state index contributed by atoms with van der Waals surface area (Å²) in [4.78, 5) is 19.1. The molecule has 5 heteroatoms. The van der Waals surface area contributed by atoms with Gasteiger partial charge in [0.15, 0.2) is 0 Å². The molecule has 0 saturated heterocycles. The Morgan fingerprint density at radius 3 is 1.54 bits per heavy atom. The smallest absolute Gasteiger partial charge is 0.328 e. The van der Waals surface area contributed by atoms with Crippen molar-refractivity contribution in [3.63, 3.8) is 0 Å². The molecule has 0 spiro atoms. The minimum atomic E-state index is -1.26. The Kier molecular flexibility index (Phi) is 5.61. The average molecular weight is 184 g/mol. The van der Waals surface area contributed by atoms with Crippen molar-refractivity contribution >= 4 is 11.9 Å². The second-order valence-corrected chi connectivity index (χ2v) is 1.80. The van der Waals surface area contributed by atoms with Crippen LogP contribution >= 0.6 is 0 Å². The number of carbonyl (C=O) groups is 2. The Morgan fingerprint density at radius 2 is 1.38 bits per heavy atom. The van der Waals surface area contributed by atoms with E-state index in [1.165, 1.54) is 0 Å². The lowest BCUT2D eigenvalue weighted by molar-refractivity contribution is -0.134. The Bertz CT molecular complexity index is 240. The highest BCUT2D eigenvalue weighted by atomic mass is 16.4. The van der Waals surface area contributed by atoms with Crippen molar-refractivity contribution < 1.29 is 24.2 Å². The van der Waals surface area contributed by atoms with Crippen LogP contribution in [0.25, 0.3) is 0 Å². The molecule has 1 rings (SSSR count). The van der Waals surface area contributed by atoms with E-state index in [4.69, 9.17) is 10.2 Å². The molecule has 0 aliphatic carbocycles. The number of rotatable bonds is 2. The van der Waals surface area contributed by atoms with Crippen LogP contribution in [0.2, 0.25) is 0 Å². The topological polar surface area (TPSA) is 87.7 Å². The molecule has 0 aliphatic rings. The summed E-state index contributed by atoms with van der Waals surface area (Å²) in [6.45, 7) is 0. The Hall–Kier alpha value is -2.04. The van der Waals surface area contributed by atoms with Crippen LogP contribution in [0, 0.1) is 0 Å². The highest BCUT2D eigenvalue weighted by Crippen LogP contribution is 1.79. The average Bonchev–Trinajstić information content (AvgIpc) is 2.57. The standard InChI is InChI=1S/C4H4O4.C4H4O/c5-3(6)1-2-4(7)8;1-2-4-5-3-1/h1-2H,(H,5,6)(H,7,8);1-4H/b2-1+;. The van der Waals surface area contributed by atoms with E-state index in [9.17, 15) is 9.59 Å². The van der Waals surface area contributed by atoms with E-state index < -0.39 is 11.9 Å². The molecular formula is C8H8O5. The molecule has 0 aromatic carbocycles. The van der Waals surface area contributed by atoms with Gasteiger partial charge < -0.3 is 14.6 Å². The molecular weight excluding hydrogens is 176 g/mol. The predicted molar refractivity (Wildman–Crippen MR) is 43.1 cm³/mol. The van der Waals surface area contributed by atoms with Crippen LogP contribution in [-0.2, 0) is 9.59 Å². The summed E-state index contributed by atoms with van der Waals surface area (Å²) in [6.07, 6.45) is 4.37. The van der Waals surface area contributed by atoms with Crippen LogP contribution in [0.1, 0.15) is 0 Å². The molecule has 0 bridgehead atoms. The van der Waals surface area contributed by atoms with Gasteiger partial charge >= 0.3 is 11.9 Å². The minimum Gasteiger partial charge on any atom is -0.478 e. The molecule has 0 saturated carbocycles. The van der Waals surface area contributed by atoms with Crippen molar-refractivity contribution in [1.82, 2.24) is 0 Å². The van der Waals surface area contributed by atoms with Crippen molar-refractivity contribution in [2.24, 2.45) is 0 Å². The number of hydrogen-bond acceptors (Lipinski definition) is 3. The maximum absolute atomic E-state index is 9.55. The van der Waals surface area contributed by atoms with Crippen molar-refractivity contribution in [3.8, 4) is 0 Å². The summed E-state index contributed by atoms with van der Waals surface area (Å²) in [5.74, 6) is -2.51. The summed E-state index contributed by atoms with van der Waals surface area (Å²) >= 11 is 0. The second kappa shape index (κ2) is 6.66. The van der Waals surface area contributed by atoms with Crippen LogP contribution in [-0.4, -0.2) is 22.2 Å². The second-order valence-electron chi connectivity index (χ2n) is 1.80. The molecule has 2 N–H and O–H groups in total. The third-order valence-electron chi connectivity index (χ3n) is 0.794. The third-order valence-corrected chi connectivity index (χ3v) is 0.794. The van der Waals surface area contributed by atoms with Gasteiger partial charge in [0.05, 0.1) is 12.5 Å². The maximum Gasteiger partial charge on any atom is 0.328 e. The van der Waals surface area contributed by atoms with Gasteiger partial charge in [0, 0.05) is 12.2 Å². The first-order valence-corrected chi connectivity index (χ1v) is 3.24. The van der Waals surface area contributed by atoms with Gasteiger partial charge in [-0.15, -0.1) is 0 Å². The molecule has 1 aromatic heterocycles. The van der Waals surface area contributed by atoms with Crippen LogP contribution < -0.4 is 0 Å². The van der Waals surface area contributed by atoms with E-state index in [1.807, 2.05) is 12.1 Å². The molecule has 70 valence electrons. The number of furan rings is 1. The van der Waals surface area contributed by atoms with Crippen LogP contribution in [0.15, 0.2) is 41.2 Å². The van der Waals surface area contributed by atoms with E-state index in [0.29, 0.717) is 12.2 Å². The number of aliphatic carboxylic acids is 2. The quantitative estimate of drug-likeness (QED) is 0.669. The van der Waals surface area contributed by atoms with Crippen LogP contribution in [0.5, 0.6) is 0 Å². The van der Waals surface area contributed by atoms with Gasteiger partial charge in [-0.2, -0.15) is 0 Å². The van der Waals surface area contributed by atoms with Gasteiger partial charge in [-0.05, 0) is 12.1 Å². The molecule has 0 amide bonds. The Balaban J connectivity index is 0.000000243. The highest BCUT2D eigenvalue weighted by Gasteiger charge is 1.88. The lowest BCUT2D eigenvalue weighted by atomic mass is 10.5. The number of hydrogen-bond donors (Lipinski definition) is 2. The minimum absolute atomic E-state index is 0.558. The maximum atomic E-state index is 9.55. The zero-order valence-electron chi connectivity index (χ0n) is 6.58. The highest BCUT2D eigenvalue weighted by molar-refractivity contribution is 5.89. The molecule has 0 fully saturated rings. The lowest BCUT2D eigenvalue weighted by Gasteiger charge is -1.74. The zero-order chi connectivity index (χ0) is 10.1. The van der Waals surface area contributed by atoms with E-state index in [-0.39, 0.29) is 0 Å². The van der Waals surface area contributed by atoms with Gasteiger partial charge in [0.1, 0.15) is 0 Å². The van der Waals surface area contributed by atoms with Crippen molar-refractivity contribution in [2.75, 3.05) is 0 Å². The van der Waals surface area contributed by atoms with Gasteiger partial charge in [-0.25, -0.2) is 9.59 Å². The normalized spacial score (nSPS) is 8.92. The molecule has 1 heterocycles. The summed E-state index contributed by atoms with van der Waals surface area (Å²) in [5, 5.41) is 15.6. The number of carboxylic acids is 2. The number of carboxylic acid groups (broad SMARTS) is 2. The fraction of sp³-hybridized carbons (Fsp3) is 0. The van der Waals surface area contributed by atoms with Crippen molar-refractivity contribution in [2.45, 2.75) is 0 Å². The molecule has 0 radical (unpaired) electrons. The van der Waals surface area contributed by atoms with Gasteiger partial charge in [0.2, 0.25) is 0 Å². The molecule has 0 atom stereocenters. The molecule has 0 unspecified atom stereocenters. The SMILES string of the molecule is O=C(O)/C=C/C(=O)O.c1ccoc1. The summed E-state index contributed by atoms with van der Waals surface area (Å²) in [7, 11) is 0. The monoisotopic (exact) mass is 184 g/mol. The first-order chi connectivity index (χ1) is 6.13. The van der Waals surface area contributed by atoms with E-state index in [0.717, 1.165) is 0 Å². The van der Waals surface area contributed by atoms with Crippen LogP contribution in [0.4, 0.5) is 0 Å². The van der Waals surface area contributed by atoms with Gasteiger partial charge in [0.25, 0.3) is 0 Å². The molecule has 0 aliphatic heterocycles. The van der Waals surface area contributed by atoms with Crippen molar-refractivity contribution in [1.29, 1.82) is 0 Å². The Labute approximate surface area is 73.9 Å². The third kappa shape index (κ3) is 9.96. The molecule has 1 aromatic rings. The fourth-order valence-corrected chi connectivity index (χ4v) is 0.369. The van der Waals surface area contributed by atoms with Crippen molar-refractivity contribution in [3.05, 3.63) is 36.8 Å². The van der Waals surface area contributed by atoms with E-state index >= 15 is 0 Å². The fourth-order valence-electron chi connectivity index (χ4n) is 0.369. The van der Waals surface area contributed by atoms with E-state index in [2.05, 4.69) is 4.42 Å². The first kappa shape index (κ1) is 11.0. The van der Waals surface area contributed by atoms with Gasteiger partial charge in [-0.3, -0.25) is 0 Å². The summed E-state index contributed by atoms with van der Waals surface area (Å²) < 4.78 is 4.58. The predicted octanol–water partition coefficient (Wildman–Crippen LogP) is 0.991. The Morgan fingerprint density at radius 1 is 1.00 bits per heavy atom.